The van der Waals surface area contributed by atoms with Crippen molar-refractivity contribution >= 4 is 39.8 Å². The van der Waals surface area contributed by atoms with E-state index in [0.717, 1.165) is 11.4 Å². The molecule has 2 rings (SSSR count). The van der Waals surface area contributed by atoms with Gasteiger partial charge < -0.3 is 10.6 Å². The minimum absolute atomic E-state index is 0.160. The van der Waals surface area contributed by atoms with E-state index in [1.54, 1.807) is 24.3 Å². The van der Waals surface area contributed by atoms with Crippen LogP contribution in [-0.4, -0.2) is 27.8 Å². The normalized spacial score (nSPS) is 10.6. The molecule has 0 radical (unpaired) electrons. The molecular formula is C17H20N4O3S. The Labute approximate surface area is 149 Å². The molecule has 1 aromatic heterocycles. The largest absolute Gasteiger partial charge is 0.325 e. The lowest BCUT2D eigenvalue weighted by Gasteiger charge is -2.08. The molecule has 1 aromatic carbocycles. The highest BCUT2D eigenvalue weighted by molar-refractivity contribution is 7.15. The van der Waals surface area contributed by atoms with Gasteiger partial charge in [-0.3, -0.25) is 14.4 Å². The number of carbonyl (C=O) groups is 3. The maximum Gasteiger partial charge on any atom is 0.235 e. The first kappa shape index (κ1) is 18.7. The molecule has 0 aliphatic rings. The molecule has 0 bridgehead atoms. The summed E-state index contributed by atoms with van der Waals surface area (Å²) in [5.41, 5.74) is 0.793. The van der Waals surface area contributed by atoms with Gasteiger partial charge >= 0.3 is 0 Å². The fourth-order valence-corrected chi connectivity index (χ4v) is 3.11. The molecule has 25 heavy (non-hydrogen) atoms. The van der Waals surface area contributed by atoms with Gasteiger partial charge in [-0.2, -0.15) is 0 Å². The number of para-hydroxylation sites is 1. The molecule has 1 heterocycles. The van der Waals surface area contributed by atoms with E-state index in [4.69, 9.17) is 0 Å². The van der Waals surface area contributed by atoms with Crippen LogP contribution in [0.4, 0.5) is 10.8 Å². The van der Waals surface area contributed by atoms with Crippen molar-refractivity contribution in [3.05, 3.63) is 34.8 Å². The minimum atomic E-state index is -0.502. The first-order valence-electron chi connectivity index (χ1n) is 7.87. The zero-order chi connectivity index (χ0) is 18.4. The lowest BCUT2D eigenvalue weighted by Crippen LogP contribution is -2.22. The third-order valence-corrected chi connectivity index (χ3v) is 4.06. The zero-order valence-corrected chi connectivity index (χ0v) is 15.1. The summed E-state index contributed by atoms with van der Waals surface area (Å²) in [6.07, 6.45) is 0.418. The number of hydrogen-bond donors (Lipinski definition) is 2. The van der Waals surface area contributed by atoms with Crippen LogP contribution in [0.5, 0.6) is 0 Å². The number of nitrogens with zero attached hydrogens (tertiary/aromatic N) is 2. The van der Waals surface area contributed by atoms with Gasteiger partial charge in [-0.05, 0) is 25.0 Å². The van der Waals surface area contributed by atoms with E-state index in [1.807, 2.05) is 0 Å². The summed E-state index contributed by atoms with van der Waals surface area (Å²) in [4.78, 5) is 35.5. The highest BCUT2D eigenvalue weighted by Crippen LogP contribution is 2.19. The lowest BCUT2D eigenvalue weighted by molar-refractivity contribution is -0.123. The Morgan fingerprint density at radius 1 is 1.08 bits per heavy atom. The number of aromatic nitrogens is 2. The monoisotopic (exact) mass is 360 g/mol. The fraction of sp³-hybridized carbons (Fsp3) is 0.353. The van der Waals surface area contributed by atoms with Crippen molar-refractivity contribution in [2.24, 2.45) is 5.92 Å². The van der Waals surface area contributed by atoms with Gasteiger partial charge in [0.25, 0.3) is 0 Å². The van der Waals surface area contributed by atoms with Crippen LogP contribution in [-0.2, 0) is 16.0 Å². The highest BCUT2D eigenvalue weighted by Gasteiger charge is 2.15. The van der Waals surface area contributed by atoms with Crippen molar-refractivity contribution in [3.63, 3.8) is 0 Å². The molecule has 0 spiro atoms. The van der Waals surface area contributed by atoms with Gasteiger partial charge in [0.2, 0.25) is 16.9 Å². The summed E-state index contributed by atoms with van der Waals surface area (Å²) in [6, 6.07) is 6.66. The van der Waals surface area contributed by atoms with Crippen LogP contribution >= 0.6 is 11.3 Å². The molecule has 0 saturated heterocycles. The van der Waals surface area contributed by atoms with Crippen molar-refractivity contribution in [2.75, 3.05) is 10.6 Å². The molecule has 0 fully saturated rings. The Bertz CT molecular complexity index is 786. The molecule has 0 aliphatic heterocycles. The number of ketones is 1. The first-order valence-corrected chi connectivity index (χ1v) is 8.69. The van der Waals surface area contributed by atoms with Crippen molar-refractivity contribution in [3.8, 4) is 0 Å². The Morgan fingerprint density at radius 2 is 1.76 bits per heavy atom. The second-order valence-corrected chi connectivity index (χ2v) is 7.04. The highest BCUT2D eigenvalue weighted by atomic mass is 32.1. The number of nitrogens with one attached hydrogen (secondary N) is 2. The molecule has 2 N–H and O–H groups in total. The Balaban J connectivity index is 1.91. The molecule has 2 amide bonds. The molecule has 0 saturated carbocycles. The van der Waals surface area contributed by atoms with E-state index in [9.17, 15) is 14.4 Å². The summed E-state index contributed by atoms with van der Waals surface area (Å²) in [6.45, 7) is 5.56. The van der Waals surface area contributed by atoms with Gasteiger partial charge in [-0.15, -0.1) is 10.2 Å². The standard InChI is InChI=1S/C17H20N4O3S/c1-10(2)8-16-20-21-17(25-16)19-15(24)9-14(23)18-13-7-5-4-6-12(13)11(3)22/h4-7,10H,8-9H2,1-3H3,(H,18,23)(H,19,21,24). The Hall–Kier alpha value is -2.61. The molecule has 132 valence electrons. The predicted molar refractivity (Wildman–Crippen MR) is 96.8 cm³/mol. The van der Waals surface area contributed by atoms with Crippen LogP contribution in [0, 0.1) is 5.92 Å². The van der Waals surface area contributed by atoms with E-state index in [-0.39, 0.29) is 12.2 Å². The van der Waals surface area contributed by atoms with Crippen LogP contribution in [0.15, 0.2) is 24.3 Å². The lowest BCUT2D eigenvalue weighted by atomic mass is 10.1. The average molecular weight is 360 g/mol. The van der Waals surface area contributed by atoms with E-state index in [2.05, 4.69) is 34.7 Å². The van der Waals surface area contributed by atoms with Crippen molar-refractivity contribution in [1.29, 1.82) is 0 Å². The van der Waals surface area contributed by atoms with E-state index in [0.29, 0.717) is 22.3 Å². The smallest absolute Gasteiger partial charge is 0.235 e. The second-order valence-electron chi connectivity index (χ2n) is 5.97. The molecule has 7 nitrogen and oxygen atoms in total. The van der Waals surface area contributed by atoms with E-state index in [1.165, 1.54) is 18.3 Å². The molecular weight excluding hydrogens is 340 g/mol. The van der Waals surface area contributed by atoms with Gasteiger partial charge in [0.15, 0.2) is 5.78 Å². The molecule has 2 aromatic rings. The summed E-state index contributed by atoms with van der Waals surface area (Å²) >= 11 is 1.30. The maximum atomic E-state index is 12.0. The Kier molecular flexibility index (Phi) is 6.35. The van der Waals surface area contributed by atoms with Crippen LogP contribution in [0.2, 0.25) is 0 Å². The number of Topliss-reactive ketones (excluding diaryl/α,β-unsaturated/α-hetero) is 1. The van der Waals surface area contributed by atoms with Crippen LogP contribution < -0.4 is 10.6 Å². The average Bonchev–Trinajstić information content (AvgIpc) is 2.93. The van der Waals surface area contributed by atoms with Gasteiger partial charge in [0, 0.05) is 12.0 Å². The van der Waals surface area contributed by atoms with Crippen LogP contribution in [0.3, 0.4) is 0 Å². The van der Waals surface area contributed by atoms with Crippen molar-refractivity contribution in [1.82, 2.24) is 10.2 Å². The molecule has 0 unspecified atom stereocenters. The molecule has 8 heteroatoms. The van der Waals surface area contributed by atoms with Gasteiger partial charge in [-0.1, -0.05) is 37.3 Å². The predicted octanol–water partition coefficient (Wildman–Crippen LogP) is 2.91. The number of hydrogen-bond acceptors (Lipinski definition) is 6. The summed E-state index contributed by atoms with van der Waals surface area (Å²) in [7, 11) is 0. The van der Waals surface area contributed by atoms with Crippen molar-refractivity contribution in [2.45, 2.75) is 33.6 Å². The van der Waals surface area contributed by atoms with Gasteiger partial charge in [0.1, 0.15) is 11.4 Å². The second kappa shape index (κ2) is 8.48. The fourth-order valence-electron chi connectivity index (χ4n) is 2.14. The summed E-state index contributed by atoms with van der Waals surface area (Å²) in [5.74, 6) is -0.696. The van der Waals surface area contributed by atoms with Gasteiger partial charge in [0.05, 0.1) is 5.69 Å². The quantitative estimate of drug-likeness (QED) is 0.584. The van der Waals surface area contributed by atoms with Crippen molar-refractivity contribution < 1.29 is 14.4 Å². The summed E-state index contributed by atoms with van der Waals surface area (Å²) in [5, 5.41) is 14.3. The third-order valence-electron chi connectivity index (χ3n) is 3.20. The van der Waals surface area contributed by atoms with Gasteiger partial charge in [-0.25, -0.2) is 0 Å². The van der Waals surface area contributed by atoms with E-state index < -0.39 is 11.8 Å². The first-order chi connectivity index (χ1) is 11.8. The number of carbonyl (C=O) groups excluding carboxylic acids is 3. The summed E-state index contributed by atoms with van der Waals surface area (Å²) < 4.78 is 0. The number of rotatable bonds is 7. The number of benzene rings is 1. The SMILES string of the molecule is CC(=O)c1ccccc1NC(=O)CC(=O)Nc1nnc(CC(C)C)s1. The third kappa shape index (κ3) is 5.75. The Morgan fingerprint density at radius 3 is 2.44 bits per heavy atom. The molecule has 0 atom stereocenters. The minimum Gasteiger partial charge on any atom is -0.325 e. The van der Waals surface area contributed by atoms with E-state index >= 15 is 0 Å². The van der Waals surface area contributed by atoms with Crippen LogP contribution in [0.1, 0.15) is 42.6 Å². The number of anilines is 2. The number of amides is 2. The maximum absolute atomic E-state index is 12.0. The zero-order valence-electron chi connectivity index (χ0n) is 14.3. The molecule has 0 aliphatic carbocycles. The van der Waals surface area contributed by atoms with Crippen LogP contribution in [0.25, 0.3) is 0 Å². The topological polar surface area (TPSA) is 101 Å².